The molecule has 0 spiro atoms. The van der Waals surface area contributed by atoms with Gasteiger partial charge >= 0.3 is 12.1 Å². The predicted octanol–water partition coefficient (Wildman–Crippen LogP) is 0.644. The second-order valence-electron chi connectivity index (χ2n) is 9.21. The number of imidazole rings is 1. The molecule has 4 N–H and O–H groups in total. The molecule has 0 aromatic carbocycles. The quantitative estimate of drug-likeness (QED) is 0.260. The number of rotatable bonds is 10. The van der Waals surface area contributed by atoms with Crippen molar-refractivity contribution in [3.8, 4) is 0 Å². The van der Waals surface area contributed by atoms with Crippen molar-refractivity contribution in [3.05, 3.63) is 12.7 Å². The van der Waals surface area contributed by atoms with Gasteiger partial charge in [-0.15, -0.1) is 0 Å². The summed E-state index contributed by atoms with van der Waals surface area (Å²) in [5.74, 6) is -0.835. The highest BCUT2D eigenvalue weighted by atomic mass is 16.6. The summed E-state index contributed by atoms with van der Waals surface area (Å²) in [6, 6.07) is 0. The molecule has 1 aliphatic heterocycles. The standard InChI is InChI=1S/C22H32N6O8/c1-22(2,3)36-21(33)23-7-4-8-34-17(32)6-5-15(31)27-19-18-20(25-11-24-19)28(12-26-18)16-9-13(30)14(10-29)35-16/h11-14,16,29-30H,4-10H2,1-3H3,(H,23,33)(H,24,25,27,31). The van der Waals surface area contributed by atoms with E-state index in [4.69, 9.17) is 14.2 Å². The van der Waals surface area contributed by atoms with Gasteiger partial charge in [-0.1, -0.05) is 0 Å². The zero-order chi connectivity index (χ0) is 26.3. The first-order chi connectivity index (χ1) is 17.1. The molecular weight excluding hydrogens is 476 g/mol. The molecule has 2 aromatic heterocycles. The molecule has 0 bridgehead atoms. The van der Waals surface area contributed by atoms with E-state index in [1.54, 1.807) is 25.3 Å². The monoisotopic (exact) mass is 508 g/mol. The normalized spacial score (nSPS) is 19.8. The minimum absolute atomic E-state index is 0.0926. The van der Waals surface area contributed by atoms with Gasteiger partial charge in [-0.25, -0.2) is 19.7 Å². The van der Waals surface area contributed by atoms with Gasteiger partial charge in [0.2, 0.25) is 5.91 Å². The van der Waals surface area contributed by atoms with E-state index in [-0.39, 0.29) is 44.8 Å². The van der Waals surface area contributed by atoms with Gasteiger partial charge in [-0.2, -0.15) is 0 Å². The molecular formula is C22H32N6O8. The molecule has 1 saturated heterocycles. The molecule has 198 valence electrons. The van der Waals surface area contributed by atoms with Crippen molar-refractivity contribution in [2.75, 3.05) is 25.1 Å². The zero-order valence-corrected chi connectivity index (χ0v) is 20.5. The lowest BCUT2D eigenvalue weighted by atomic mass is 10.2. The molecule has 3 unspecified atom stereocenters. The van der Waals surface area contributed by atoms with Gasteiger partial charge in [0.15, 0.2) is 17.0 Å². The van der Waals surface area contributed by atoms with Crippen molar-refractivity contribution < 1.29 is 38.8 Å². The summed E-state index contributed by atoms with van der Waals surface area (Å²) in [5, 5.41) is 24.4. The van der Waals surface area contributed by atoms with Crippen LogP contribution in [0.15, 0.2) is 12.7 Å². The van der Waals surface area contributed by atoms with Crippen LogP contribution in [0.5, 0.6) is 0 Å². The Hall–Kier alpha value is -3.36. The van der Waals surface area contributed by atoms with Gasteiger partial charge in [0.25, 0.3) is 0 Å². The smallest absolute Gasteiger partial charge is 0.407 e. The average Bonchev–Trinajstić information content (AvgIpc) is 3.40. The third kappa shape index (κ3) is 7.57. The number of aliphatic hydroxyl groups excluding tert-OH is 2. The zero-order valence-electron chi connectivity index (χ0n) is 20.5. The van der Waals surface area contributed by atoms with Gasteiger partial charge in [-0.3, -0.25) is 14.2 Å². The molecule has 3 atom stereocenters. The van der Waals surface area contributed by atoms with Crippen LogP contribution in [0.4, 0.5) is 10.6 Å². The van der Waals surface area contributed by atoms with E-state index in [0.717, 1.165) is 0 Å². The fourth-order valence-corrected chi connectivity index (χ4v) is 3.45. The summed E-state index contributed by atoms with van der Waals surface area (Å²) in [6.07, 6.45) is 0.467. The van der Waals surface area contributed by atoms with E-state index < -0.39 is 42.0 Å². The Kier molecular flexibility index (Phi) is 9.12. The van der Waals surface area contributed by atoms with Crippen LogP contribution in [0.3, 0.4) is 0 Å². The maximum atomic E-state index is 12.4. The number of nitrogens with one attached hydrogen (secondary N) is 2. The van der Waals surface area contributed by atoms with Crippen molar-refractivity contribution in [1.29, 1.82) is 0 Å². The molecule has 3 heterocycles. The van der Waals surface area contributed by atoms with Gasteiger partial charge in [0.05, 0.1) is 32.1 Å². The number of carbonyl (C=O) groups is 3. The third-order valence-electron chi connectivity index (χ3n) is 5.12. The highest BCUT2D eigenvalue weighted by Gasteiger charge is 2.35. The van der Waals surface area contributed by atoms with Crippen LogP contribution in [-0.2, 0) is 23.8 Å². The minimum Gasteiger partial charge on any atom is -0.466 e. The Labute approximate surface area is 207 Å². The fraction of sp³-hybridized carbons (Fsp3) is 0.636. The third-order valence-corrected chi connectivity index (χ3v) is 5.12. The van der Waals surface area contributed by atoms with Crippen LogP contribution in [0.1, 0.15) is 52.7 Å². The molecule has 0 radical (unpaired) electrons. The topological polar surface area (TPSA) is 187 Å². The minimum atomic E-state index is -0.820. The maximum absolute atomic E-state index is 12.4. The molecule has 3 rings (SSSR count). The number of amides is 2. The van der Waals surface area contributed by atoms with Crippen molar-refractivity contribution in [3.63, 3.8) is 0 Å². The average molecular weight is 509 g/mol. The number of aliphatic hydroxyl groups is 2. The SMILES string of the molecule is CC(C)(C)OC(=O)NCCCOC(=O)CCC(=O)Nc1ncnc2c1ncn2C1CC(O)C(CO)O1. The van der Waals surface area contributed by atoms with E-state index in [2.05, 4.69) is 25.6 Å². The molecule has 2 aromatic rings. The molecule has 0 saturated carbocycles. The predicted molar refractivity (Wildman–Crippen MR) is 125 cm³/mol. The van der Waals surface area contributed by atoms with Crippen molar-refractivity contribution in [1.82, 2.24) is 24.8 Å². The van der Waals surface area contributed by atoms with Crippen molar-refractivity contribution in [2.24, 2.45) is 0 Å². The highest BCUT2D eigenvalue weighted by Crippen LogP contribution is 2.31. The second-order valence-corrected chi connectivity index (χ2v) is 9.21. The van der Waals surface area contributed by atoms with Crippen LogP contribution in [0, 0.1) is 0 Å². The summed E-state index contributed by atoms with van der Waals surface area (Å²) < 4.78 is 17.4. The Balaban J connectivity index is 1.42. The Bertz CT molecular complexity index is 1070. The molecule has 14 heteroatoms. The van der Waals surface area contributed by atoms with Gasteiger partial charge in [0, 0.05) is 19.4 Å². The summed E-state index contributed by atoms with van der Waals surface area (Å²) in [7, 11) is 0. The molecule has 14 nitrogen and oxygen atoms in total. The second kappa shape index (κ2) is 12.1. The number of alkyl carbamates (subject to hydrolysis) is 1. The van der Waals surface area contributed by atoms with E-state index >= 15 is 0 Å². The number of ether oxygens (including phenoxy) is 3. The molecule has 1 aliphatic rings. The highest BCUT2D eigenvalue weighted by molar-refractivity contribution is 5.97. The van der Waals surface area contributed by atoms with Gasteiger partial charge in [-0.05, 0) is 27.2 Å². The maximum Gasteiger partial charge on any atom is 0.407 e. The lowest BCUT2D eigenvalue weighted by Crippen LogP contribution is -2.33. The van der Waals surface area contributed by atoms with E-state index in [1.807, 2.05) is 0 Å². The number of aromatic nitrogens is 4. The molecule has 0 aliphatic carbocycles. The number of anilines is 1. The Morgan fingerprint density at radius 3 is 2.69 bits per heavy atom. The van der Waals surface area contributed by atoms with Crippen molar-refractivity contribution in [2.45, 2.75) is 70.5 Å². The summed E-state index contributed by atoms with van der Waals surface area (Å²) >= 11 is 0. The largest absolute Gasteiger partial charge is 0.466 e. The molecule has 2 amide bonds. The van der Waals surface area contributed by atoms with Gasteiger partial charge in [0.1, 0.15) is 24.3 Å². The Morgan fingerprint density at radius 2 is 2.00 bits per heavy atom. The first kappa shape index (κ1) is 27.2. The number of hydrogen-bond donors (Lipinski definition) is 4. The number of fused-ring (bicyclic) bond motifs is 1. The van der Waals surface area contributed by atoms with Crippen molar-refractivity contribution >= 4 is 35.0 Å². The summed E-state index contributed by atoms with van der Waals surface area (Å²) in [4.78, 5) is 48.3. The van der Waals surface area contributed by atoms with E-state index in [9.17, 15) is 24.6 Å². The first-order valence-electron chi connectivity index (χ1n) is 11.6. The van der Waals surface area contributed by atoms with Crippen LogP contribution >= 0.6 is 0 Å². The van der Waals surface area contributed by atoms with E-state index in [1.165, 1.54) is 12.7 Å². The van der Waals surface area contributed by atoms with Crippen LogP contribution < -0.4 is 10.6 Å². The number of nitrogens with zero attached hydrogens (tertiary/aromatic N) is 4. The lowest BCUT2D eigenvalue weighted by Gasteiger charge is -2.19. The van der Waals surface area contributed by atoms with Crippen LogP contribution in [-0.4, -0.2) is 85.3 Å². The molecule has 36 heavy (non-hydrogen) atoms. The van der Waals surface area contributed by atoms with Gasteiger partial charge < -0.3 is 35.1 Å². The van der Waals surface area contributed by atoms with Crippen LogP contribution in [0.2, 0.25) is 0 Å². The summed E-state index contributed by atoms with van der Waals surface area (Å²) in [6.45, 7) is 5.34. The summed E-state index contributed by atoms with van der Waals surface area (Å²) in [5.41, 5.74) is 0.110. The lowest BCUT2D eigenvalue weighted by molar-refractivity contribution is -0.144. The van der Waals surface area contributed by atoms with E-state index in [0.29, 0.717) is 17.6 Å². The number of hydrogen-bond acceptors (Lipinski definition) is 11. The molecule has 1 fully saturated rings. The van der Waals surface area contributed by atoms with Crippen LogP contribution in [0.25, 0.3) is 11.2 Å². The Morgan fingerprint density at radius 1 is 1.22 bits per heavy atom. The number of esters is 1. The fourth-order valence-electron chi connectivity index (χ4n) is 3.45. The first-order valence-corrected chi connectivity index (χ1v) is 11.6. The number of carbonyl (C=O) groups excluding carboxylic acids is 3.